The smallest absolute Gasteiger partial charge is 0.292 e. The summed E-state index contributed by atoms with van der Waals surface area (Å²) in [6.07, 6.45) is 3.76. The molecule has 0 aliphatic carbocycles. The van der Waals surface area contributed by atoms with Crippen LogP contribution in [-0.4, -0.2) is 29.5 Å². The van der Waals surface area contributed by atoms with E-state index in [0.717, 1.165) is 31.1 Å². The number of anilines is 1. The van der Waals surface area contributed by atoms with Crippen molar-refractivity contribution in [1.82, 2.24) is 4.90 Å². The van der Waals surface area contributed by atoms with Gasteiger partial charge in [-0.2, -0.15) is 0 Å². The van der Waals surface area contributed by atoms with Gasteiger partial charge in [-0.05, 0) is 43.9 Å². The van der Waals surface area contributed by atoms with Crippen molar-refractivity contribution in [3.8, 4) is 0 Å². The lowest BCUT2D eigenvalue weighted by atomic mass is 9.95. The number of rotatable bonds is 6. The zero-order valence-corrected chi connectivity index (χ0v) is 13.0. The number of likely N-dealkylation sites (tertiary alicyclic amines) is 1. The molecule has 1 aromatic rings. The third-order valence-corrected chi connectivity index (χ3v) is 4.21. The number of hydrogen-bond donors (Lipinski definition) is 1. The Morgan fingerprint density at radius 3 is 2.90 bits per heavy atom. The summed E-state index contributed by atoms with van der Waals surface area (Å²) in [6, 6.07) is 5.55. The van der Waals surface area contributed by atoms with Crippen LogP contribution in [0.2, 0.25) is 0 Å². The number of nitrogens with one attached hydrogen (secondary N) is 1. The largest absolute Gasteiger partial charge is 0.380 e. The Bertz CT molecular complexity index is 490. The van der Waals surface area contributed by atoms with E-state index in [9.17, 15) is 10.1 Å². The first-order valence-electron chi connectivity index (χ1n) is 7.87. The molecular formula is C16H25N3O2. The highest BCUT2D eigenvalue weighted by Crippen LogP contribution is 2.27. The third-order valence-electron chi connectivity index (χ3n) is 4.21. The molecule has 0 radical (unpaired) electrons. The van der Waals surface area contributed by atoms with Gasteiger partial charge in [-0.3, -0.25) is 15.0 Å². The fraction of sp³-hybridized carbons (Fsp3) is 0.625. The van der Waals surface area contributed by atoms with Crippen molar-refractivity contribution in [3.63, 3.8) is 0 Å². The average molecular weight is 291 g/mol. The molecule has 1 aliphatic heterocycles. The maximum Gasteiger partial charge on any atom is 0.292 e. The maximum absolute atomic E-state index is 11.2. The monoisotopic (exact) mass is 291 g/mol. The van der Waals surface area contributed by atoms with E-state index in [-0.39, 0.29) is 10.6 Å². The molecule has 1 saturated heterocycles. The van der Waals surface area contributed by atoms with Crippen molar-refractivity contribution < 1.29 is 4.92 Å². The molecule has 1 fully saturated rings. The molecular weight excluding hydrogens is 266 g/mol. The summed E-state index contributed by atoms with van der Waals surface area (Å²) in [5, 5.41) is 14.2. The summed E-state index contributed by atoms with van der Waals surface area (Å²) in [6.45, 7) is 7.88. The lowest BCUT2D eigenvalue weighted by Gasteiger charge is -2.32. The molecule has 116 valence electrons. The maximum atomic E-state index is 11.2. The molecule has 0 amide bonds. The molecule has 1 aliphatic rings. The second-order valence-corrected chi connectivity index (χ2v) is 5.79. The van der Waals surface area contributed by atoms with E-state index in [0.29, 0.717) is 12.2 Å². The minimum atomic E-state index is -0.299. The number of nitrogens with zero attached hydrogens (tertiary/aromatic N) is 2. The van der Waals surface area contributed by atoms with Crippen LogP contribution in [0.25, 0.3) is 0 Å². The minimum Gasteiger partial charge on any atom is -0.380 e. The minimum absolute atomic E-state index is 0.179. The van der Waals surface area contributed by atoms with Crippen LogP contribution in [0.4, 0.5) is 11.4 Å². The van der Waals surface area contributed by atoms with Crippen LogP contribution in [0.1, 0.15) is 38.7 Å². The van der Waals surface area contributed by atoms with Gasteiger partial charge in [0.05, 0.1) is 4.92 Å². The van der Waals surface area contributed by atoms with Gasteiger partial charge in [0, 0.05) is 25.7 Å². The fourth-order valence-electron chi connectivity index (χ4n) is 3.05. The second-order valence-electron chi connectivity index (χ2n) is 5.79. The van der Waals surface area contributed by atoms with Gasteiger partial charge in [0.2, 0.25) is 0 Å². The van der Waals surface area contributed by atoms with Gasteiger partial charge in [0.1, 0.15) is 5.69 Å². The van der Waals surface area contributed by atoms with Crippen LogP contribution >= 0.6 is 0 Å². The highest BCUT2D eigenvalue weighted by atomic mass is 16.6. The van der Waals surface area contributed by atoms with Gasteiger partial charge in [-0.25, -0.2) is 0 Å². The molecule has 0 saturated carbocycles. The van der Waals surface area contributed by atoms with Crippen LogP contribution in [0.5, 0.6) is 0 Å². The Kier molecular flexibility index (Phi) is 5.56. The highest BCUT2D eigenvalue weighted by molar-refractivity contribution is 5.62. The number of piperidine rings is 1. The summed E-state index contributed by atoms with van der Waals surface area (Å²) in [4.78, 5) is 13.3. The van der Waals surface area contributed by atoms with E-state index in [1.54, 1.807) is 6.07 Å². The lowest BCUT2D eigenvalue weighted by molar-refractivity contribution is -0.384. The quantitative estimate of drug-likeness (QED) is 0.642. The number of nitro benzene ring substituents is 1. The lowest BCUT2D eigenvalue weighted by Crippen LogP contribution is -2.34. The van der Waals surface area contributed by atoms with Crippen LogP contribution in [0.15, 0.2) is 18.2 Å². The van der Waals surface area contributed by atoms with Crippen LogP contribution in [0, 0.1) is 16.0 Å². The predicted octanol–water partition coefficient (Wildman–Crippen LogP) is 3.65. The standard InChI is InChI=1S/C16H25N3O2/c1-3-13-6-5-9-18(11-13)12-14-7-8-15(17-4-2)16(10-14)19(20)21/h7-8,10,13,17H,3-6,9,11-12H2,1-2H3. The Labute approximate surface area is 126 Å². The van der Waals surface area contributed by atoms with Gasteiger partial charge in [0.25, 0.3) is 5.69 Å². The molecule has 2 rings (SSSR count). The zero-order valence-electron chi connectivity index (χ0n) is 13.0. The van der Waals surface area contributed by atoms with Gasteiger partial charge < -0.3 is 5.32 Å². The van der Waals surface area contributed by atoms with E-state index in [4.69, 9.17) is 0 Å². The fourth-order valence-corrected chi connectivity index (χ4v) is 3.05. The molecule has 1 unspecified atom stereocenters. The molecule has 5 nitrogen and oxygen atoms in total. The number of hydrogen-bond acceptors (Lipinski definition) is 4. The first-order valence-corrected chi connectivity index (χ1v) is 7.87. The SMILES string of the molecule is CCNc1ccc(CN2CCCC(CC)C2)cc1[N+](=O)[O-]. The van der Waals surface area contributed by atoms with Gasteiger partial charge >= 0.3 is 0 Å². The van der Waals surface area contributed by atoms with E-state index in [2.05, 4.69) is 17.1 Å². The summed E-state index contributed by atoms with van der Waals surface area (Å²) in [5.74, 6) is 0.773. The molecule has 1 N–H and O–H groups in total. The van der Waals surface area contributed by atoms with Crippen molar-refractivity contribution in [3.05, 3.63) is 33.9 Å². The van der Waals surface area contributed by atoms with Crippen LogP contribution in [-0.2, 0) is 6.54 Å². The normalized spacial score (nSPS) is 19.4. The van der Waals surface area contributed by atoms with Gasteiger partial charge in [-0.1, -0.05) is 19.4 Å². The van der Waals surface area contributed by atoms with Crippen molar-refractivity contribution in [2.75, 3.05) is 25.0 Å². The average Bonchev–Trinajstić information content (AvgIpc) is 2.49. The Morgan fingerprint density at radius 1 is 1.43 bits per heavy atom. The molecule has 1 aromatic carbocycles. The molecule has 0 aromatic heterocycles. The van der Waals surface area contributed by atoms with Crippen molar-refractivity contribution in [2.24, 2.45) is 5.92 Å². The molecule has 0 spiro atoms. The topological polar surface area (TPSA) is 58.4 Å². The van der Waals surface area contributed by atoms with Crippen molar-refractivity contribution in [1.29, 1.82) is 0 Å². The van der Waals surface area contributed by atoms with E-state index < -0.39 is 0 Å². The Morgan fingerprint density at radius 2 is 2.24 bits per heavy atom. The predicted molar refractivity (Wildman–Crippen MR) is 85.6 cm³/mol. The van der Waals surface area contributed by atoms with Crippen LogP contribution < -0.4 is 5.32 Å². The molecule has 1 atom stereocenters. The molecule has 0 bridgehead atoms. The molecule has 1 heterocycles. The number of benzene rings is 1. The Hall–Kier alpha value is -1.62. The third kappa shape index (κ3) is 4.17. The van der Waals surface area contributed by atoms with Crippen LogP contribution in [0.3, 0.4) is 0 Å². The molecule has 5 heteroatoms. The first-order chi connectivity index (χ1) is 10.1. The van der Waals surface area contributed by atoms with Gasteiger partial charge in [0.15, 0.2) is 0 Å². The van der Waals surface area contributed by atoms with E-state index in [1.165, 1.54) is 19.3 Å². The van der Waals surface area contributed by atoms with E-state index in [1.807, 2.05) is 19.1 Å². The zero-order chi connectivity index (χ0) is 15.2. The van der Waals surface area contributed by atoms with E-state index >= 15 is 0 Å². The summed E-state index contributed by atoms with van der Waals surface area (Å²) in [7, 11) is 0. The summed E-state index contributed by atoms with van der Waals surface area (Å²) < 4.78 is 0. The number of nitro groups is 1. The van der Waals surface area contributed by atoms with Crippen molar-refractivity contribution >= 4 is 11.4 Å². The summed E-state index contributed by atoms with van der Waals surface area (Å²) >= 11 is 0. The summed E-state index contributed by atoms with van der Waals surface area (Å²) in [5.41, 5.74) is 1.81. The highest BCUT2D eigenvalue weighted by Gasteiger charge is 2.20. The van der Waals surface area contributed by atoms with Crippen molar-refractivity contribution in [2.45, 2.75) is 39.7 Å². The first kappa shape index (κ1) is 15.8. The Balaban J connectivity index is 2.09. The van der Waals surface area contributed by atoms with Gasteiger partial charge in [-0.15, -0.1) is 0 Å². The second kappa shape index (κ2) is 7.41. The molecule has 21 heavy (non-hydrogen) atoms.